The van der Waals surface area contributed by atoms with E-state index in [-0.39, 0.29) is 23.9 Å². The van der Waals surface area contributed by atoms with Crippen molar-refractivity contribution in [3.05, 3.63) is 0 Å². The van der Waals surface area contributed by atoms with Gasteiger partial charge in [-0.2, -0.15) is 0 Å². The molecule has 1 aliphatic carbocycles. The summed E-state index contributed by atoms with van der Waals surface area (Å²) < 4.78 is 0. The molecule has 0 aromatic carbocycles. The zero-order valence-electron chi connectivity index (χ0n) is 9.82. The third kappa shape index (κ3) is 1.59. The van der Waals surface area contributed by atoms with Crippen LogP contribution in [0.2, 0.25) is 0 Å². The number of nitrogens with zero attached hydrogens (tertiary/aromatic N) is 1. The van der Waals surface area contributed by atoms with Crippen molar-refractivity contribution in [2.24, 2.45) is 11.7 Å². The Balaban J connectivity index is 2.21. The lowest BCUT2D eigenvalue weighted by atomic mass is 10.0. The van der Waals surface area contributed by atoms with Crippen LogP contribution in [0.4, 0.5) is 4.79 Å². The number of imide groups is 1. The number of urea groups is 1. The van der Waals surface area contributed by atoms with Gasteiger partial charge in [-0.15, -0.1) is 0 Å². The zero-order chi connectivity index (χ0) is 11.9. The lowest BCUT2D eigenvalue weighted by molar-refractivity contribution is -0.132. The molecule has 2 rings (SSSR count). The van der Waals surface area contributed by atoms with Gasteiger partial charge in [0.2, 0.25) is 0 Å². The Kier molecular flexibility index (Phi) is 2.66. The number of rotatable bonds is 2. The SMILES string of the molecule is CC1(C)NC(=O)N(C2CCCC2CN)C1=O. The molecule has 1 heterocycles. The van der Waals surface area contributed by atoms with Crippen molar-refractivity contribution in [2.45, 2.75) is 44.7 Å². The first-order valence-electron chi connectivity index (χ1n) is 5.83. The molecule has 0 aromatic heterocycles. The van der Waals surface area contributed by atoms with Gasteiger partial charge in [0.1, 0.15) is 5.54 Å². The normalized spacial score (nSPS) is 33.3. The van der Waals surface area contributed by atoms with Crippen LogP contribution in [-0.2, 0) is 4.79 Å². The summed E-state index contributed by atoms with van der Waals surface area (Å²) in [7, 11) is 0. The maximum Gasteiger partial charge on any atom is 0.325 e. The second-order valence-electron chi connectivity index (χ2n) is 5.22. The first-order valence-corrected chi connectivity index (χ1v) is 5.83. The van der Waals surface area contributed by atoms with Crippen molar-refractivity contribution in [2.75, 3.05) is 6.54 Å². The van der Waals surface area contributed by atoms with Crippen LogP contribution in [-0.4, -0.2) is 35.0 Å². The van der Waals surface area contributed by atoms with Gasteiger partial charge in [-0.1, -0.05) is 6.42 Å². The number of carbonyl (C=O) groups excluding carboxylic acids is 2. The van der Waals surface area contributed by atoms with Crippen molar-refractivity contribution in [3.8, 4) is 0 Å². The van der Waals surface area contributed by atoms with E-state index in [1.165, 1.54) is 4.90 Å². The summed E-state index contributed by atoms with van der Waals surface area (Å²) >= 11 is 0. The van der Waals surface area contributed by atoms with Crippen LogP contribution in [0, 0.1) is 5.92 Å². The van der Waals surface area contributed by atoms with Crippen molar-refractivity contribution in [1.29, 1.82) is 0 Å². The quantitative estimate of drug-likeness (QED) is 0.670. The molecular formula is C11H19N3O2. The smallest absolute Gasteiger partial charge is 0.325 e. The minimum Gasteiger partial charge on any atom is -0.330 e. The van der Waals surface area contributed by atoms with Crippen LogP contribution in [0.3, 0.4) is 0 Å². The highest BCUT2D eigenvalue weighted by atomic mass is 16.2. The van der Waals surface area contributed by atoms with Gasteiger partial charge in [0.15, 0.2) is 0 Å². The molecule has 3 N–H and O–H groups in total. The summed E-state index contributed by atoms with van der Waals surface area (Å²) in [5.74, 6) is 0.145. The lowest BCUT2D eigenvalue weighted by Gasteiger charge is -2.26. The Morgan fingerprint density at radius 3 is 2.62 bits per heavy atom. The zero-order valence-corrected chi connectivity index (χ0v) is 9.82. The first-order chi connectivity index (χ1) is 7.47. The number of nitrogens with two attached hydrogens (primary N) is 1. The fourth-order valence-electron chi connectivity index (χ4n) is 2.71. The summed E-state index contributed by atoms with van der Waals surface area (Å²) in [5, 5.41) is 2.71. The second-order valence-corrected chi connectivity index (χ2v) is 5.22. The van der Waals surface area contributed by atoms with Gasteiger partial charge < -0.3 is 11.1 Å². The van der Waals surface area contributed by atoms with E-state index in [0.717, 1.165) is 19.3 Å². The molecule has 3 amide bonds. The fraction of sp³-hybridized carbons (Fsp3) is 0.818. The number of amides is 3. The third-order valence-corrected chi connectivity index (χ3v) is 3.65. The van der Waals surface area contributed by atoms with Gasteiger partial charge in [-0.05, 0) is 39.2 Å². The average molecular weight is 225 g/mol. The van der Waals surface area contributed by atoms with Crippen LogP contribution in [0.15, 0.2) is 0 Å². The highest BCUT2D eigenvalue weighted by Gasteiger charge is 2.49. The Bertz CT molecular complexity index is 327. The van der Waals surface area contributed by atoms with E-state index in [1.54, 1.807) is 13.8 Å². The van der Waals surface area contributed by atoms with Gasteiger partial charge in [-0.25, -0.2) is 4.79 Å². The van der Waals surface area contributed by atoms with Crippen LogP contribution in [0.5, 0.6) is 0 Å². The fourth-order valence-corrected chi connectivity index (χ4v) is 2.71. The Morgan fingerprint density at radius 2 is 2.12 bits per heavy atom. The van der Waals surface area contributed by atoms with Crippen LogP contribution in [0.1, 0.15) is 33.1 Å². The topological polar surface area (TPSA) is 75.4 Å². The van der Waals surface area contributed by atoms with E-state index in [0.29, 0.717) is 6.54 Å². The largest absolute Gasteiger partial charge is 0.330 e. The van der Waals surface area contributed by atoms with Gasteiger partial charge in [-0.3, -0.25) is 9.69 Å². The van der Waals surface area contributed by atoms with E-state index >= 15 is 0 Å². The van der Waals surface area contributed by atoms with E-state index in [2.05, 4.69) is 5.32 Å². The van der Waals surface area contributed by atoms with Crippen molar-refractivity contribution < 1.29 is 9.59 Å². The van der Waals surface area contributed by atoms with Crippen LogP contribution < -0.4 is 11.1 Å². The number of nitrogens with one attached hydrogen (secondary N) is 1. The predicted molar refractivity (Wildman–Crippen MR) is 59.6 cm³/mol. The molecule has 90 valence electrons. The highest BCUT2D eigenvalue weighted by Crippen LogP contribution is 2.32. The molecule has 1 saturated carbocycles. The van der Waals surface area contributed by atoms with Crippen LogP contribution >= 0.6 is 0 Å². The van der Waals surface area contributed by atoms with E-state index in [4.69, 9.17) is 5.73 Å². The lowest BCUT2D eigenvalue weighted by Crippen LogP contribution is -2.46. The maximum absolute atomic E-state index is 12.1. The Morgan fingerprint density at radius 1 is 1.44 bits per heavy atom. The van der Waals surface area contributed by atoms with E-state index in [1.807, 2.05) is 0 Å². The molecule has 0 spiro atoms. The summed E-state index contributed by atoms with van der Waals surface area (Å²) in [6, 6.07) is -0.264. The Labute approximate surface area is 95.3 Å². The molecule has 1 saturated heterocycles. The van der Waals surface area contributed by atoms with Crippen LogP contribution in [0.25, 0.3) is 0 Å². The third-order valence-electron chi connectivity index (χ3n) is 3.65. The summed E-state index contributed by atoms with van der Waals surface area (Å²) in [6.45, 7) is 4.02. The molecular weight excluding hydrogens is 206 g/mol. The monoisotopic (exact) mass is 225 g/mol. The molecule has 2 unspecified atom stereocenters. The van der Waals surface area contributed by atoms with Gasteiger partial charge in [0.25, 0.3) is 5.91 Å². The molecule has 0 radical (unpaired) electrons. The van der Waals surface area contributed by atoms with E-state index < -0.39 is 5.54 Å². The molecule has 2 fully saturated rings. The van der Waals surface area contributed by atoms with Gasteiger partial charge >= 0.3 is 6.03 Å². The molecule has 2 aliphatic rings. The van der Waals surface area contributed by atoms with Crippen molar-refractivity contribution in [3.63, 3.8) is 0 Å². The highest BCUT2D eigenvalue weighted by molar-refractivity contribution is 6.06. The second kappa shape index (κ2) is 3.73. The molecule has 2 atom stereocenters. The summed E-state index contributed by atoms with van der Waals surface area (Å²) in [5.41, 5.74) is 4.92. The minimum atomic E-state index is -0.765. The summed E-state index contributed by atoms with van der Waals surface area (Å²) in [6.07, 6.45) is 2.94. The molecule has 5 nitrogen and oxygen atoms in total. The number of hydrogen-bond donors (Lipinski definition) is 2. The average Bonchev–Trinajstić information content (AvgIpc) is 2.71. The minimum absolute atomic E-state index is 0.000671. The van der Waals surface area contributed by atoms with E-state index in [9.17, 15) is 9.59 Å². The first kappa shape index (κ1) is 11.4. The predicted octanol–water partition coefficient (Wildman–Crippen LogP) is 0.444. The standard InChI is InChI=1S/C11H19N3O2/c1-11(2)9(15)14(10(16)13-11)8-5-3-4-7(8)6-12/h7-8H,3-6,12H2,1-2H3,(H,13,16). The van der Waals surface area contributed by atoms with Gasteiger partial charge in [0.05, 0.1) is 0 Å². The molecule has 0 aromatic rings. The maximum atomic E-state index is 12.1. The number of carbonyl (C=O) groups is 2. The molecule has 1 aliphatic heterocycles. The number of hydrogen-bond acceptors (Lipinski definition) is 3. The molecule has 16 heavy (non-hydrogen) atoms. The van der Waals surface area contributed by atoms with Crippen molar-refractivity contribution in [1.82, 2.24) is 10.2 Å². The summed E-state index contributed by atoms with van der Waals surface area (Å²) in [4.78, 5) is 25.3. The molecule has 5 heteroatoms. The Hall–Kier alpha value is -1.10. The van der Waals surface area contributed by atoms with Gasteiger partial charge in [0, 0.05) is 6.04 Å². The van der Waals surface area contributed by atoms with Crippen molar-refractivity contribution >= 4 is 11.9 Å². The molecule has 0 bridgehead atoms.